The summed E-state index contributed by atoms with van der Waals surface area (Å²) in [6, 6.07) is 11.0. The summed E-state index contributed by atoms with van der Waals surface area (Å²) in [5.74, 6) is 1.65. The van der Waals surface area contributed by atoms with Gasteiger partial charge < -0.3 is 4.90 Å². The van der Waals surface area contributed by atoms with Crippen LogP contribution in [0.15, 0.2) is 41.5 Å². The van der Waals surface area contributed by atoms with E-state index in [4.69, 9.17) is 16.6 Å². The number of halogens is 1. The van der Waals surface area contributed by atoms with Gasteiger partial charge in [0.2, 0.25) is 0 Å². The minimum absolute atomic E-state index is 0.431. The van der Waals surface area contributed by atoms with Gasteiger partial charge in [-0.15, -0.1) is 0 Å². The van der Waals surface area contributed by atoms with Gasteiger partial charge in [-0.3, -0.25) is 9.89 Å². The molecule has 142 valence electrons. The lowest BCUT2D eigenvalue weighted by molar-refractivity contribution is 0.204. The van der Waals surface area contributed by atoms with Crippen LogP contribution in [0.3, 0.4) is 0 Å². The van der Waals surface area contributed by atoms with Crippen molar-refractivity contribution in [3.63, 3.8) is 0 Å². The molecule has 0 atom stereocenters. The van der Waals surface area contributed by atoms with Gasteiger partial charge in [-0.25, -0.2) is 4.98 Å². The average molecular weight is 383 g/mol. The summed E-state index contributed by atoms with van der Waals surface area (Å²) in [6.07, 6.45) is 6.41. The molecule has 2 aliphatic heterocycles. The number of likely N-dealkylation sites (tertiary alicyclic amines) is 1. The molecule has 0 unspecified atom stereocenters. The molecule has 0 bridgehead atoms. The Labute approximate surface area is 166 Å². The molecule has 1 saturated heterocycles. The summed E-state index contributed by atoms with van der Waals surface area (Å²) in [5, 5.41) is 0.815. The van der Waals surface area contributed by atoms with Crippen LogP contribution in [0.4, 0.5) is 11.5 Å². The smallest absolute Gasteiger partial charge is 0.155 e. The number of benzene rings is 1. The summed E-state index contributed by atoms with van der Waals surface area (Å²) in [5.41, 5.74) is 3.67. The molecule has 2 aliphatic rings. The number of piperidine rings is 1. The van der Waals surface area contributed by atoms with Crippen molar-refractivity contribution in [2.24, 2.45) is 4.99 Å². The number of aliphatic imine (C=N–C) groups is 1. The van der Waals surface area contributed by atoms with E-state index in [1.165, 1.54) is 24.0 Å². The molecule has 4 nitrogen and oxygen atoms in total. The van der Waals surface area contributed by atoms with Crippen molar-refractivity contribution in [3.8, 4) is 0 Å². The molecule has 0 spiro atoms. The normalized spacial score (nSPS) is 18.1. The van der Waals surface area contributed by atoms with Crippen LogP contribution < -0.4 is 4.90 Å². The average Bonchev–Trinajstić information content (AvgIpc) is 2.68. The zero-order chi connectivity index (χ0) is 18.8. The van der Waals surface area contributed by atoms with E-state index in [0.717, 1.165) is 42.7 Å². The van der Waals surface area contributed by atoms with E-state index in [-0.39, 0.29) is 0 Å². The fraction of sp³-hybridized carbons (Fsp3) is 0.455. The molecule has 3 heterocycles. The Morgan fingerprint density at radius 3 is 2.59 bits per heavy atom. The minimum Gasteiger partial charge on any atom is -0.347 e. The maximum atomic E-state index is 6.01. The van der Waals surface area contributed by atoms with Gasteiger partial charge in [0.05, 0.1) is 6.54 Å². The first kappa shape index (κ1) is 18.5. The van der Waals surface area contributed by atoms with E-state index >= 15 is 0 Å². The van der Waals surface area contributed by atoms with Gasteiger partial charge in [-0.1, -0.05) is 23.7 Å². The fourth-order valence-corrected chi connectivity index (χ4v) is 4.20. The fourth-order valence-electron chi connectivity index (χ4n) is 4.08. The van der Waals surface area contributed by atoms with Crippen LogP contribution in [0.5, 0.6) is 0 Å². The Balaban J connectivity index is 1.38. The maximum absolute atomic E-state index is 6.01. The van der Waals surface area contributed by atoms with E-state index in [0.29, 0.717) is 12.0 Å². The van der Waals surface area contributed by atoms with Crippen LogP contribution in [-0.2, 0) is 6.54 Å². The molecule has 0 radical (unpaired) electrons. The summed E-state index contributed by atoms with van der Waals surface area (Å²) < 4.78 is 0. The number of pyridine rings is 1. The first-order chi connectivity index (χ1) is 13.1. The highest BCUT2D eigenvalue weighted by Crippen LogP contribution is 2.32. The van der Waals surface area contributed by atoms with Crippen LogP contribution in [0.2, 0.25) is 5.02 Å². The predicted molar refractivity (Wildman–Crippen MR) is 114 cm³/mol. The van der Waals surface area contributed by atoms with E-state index in [1.54, 1.807) is 0 Å². The summed E-state index contributed by atoms with van der Waals surface area (Å²) in [7, 11) is 0. The molecule has 1 aromatic carbocycles. The molecular weight excluding hydrogens is 356 g/mol. The quantitative estimate of drug-likeness (QED) is 0.741. The Hall–Kier alpha value is -1.91. The Morgan fingerprint density at radius 1 is 1.15 bits per heavy atom. The first-order valence-corrected chi connectivity index (χ1v) is 10.2. The topological polar surface area (TPSA) is 31.7 Å². The van der Waals surface area contributed by atoms with Crippen molar-refractivity contribution >= 4 is 29.3 Å². The number of aromatic nitrogens is 1. The van der Waals surface area contributed by atoms with Gasteiger partial charge >= 0.3 is 0 Å². The number of hydrogen-bond acceptors (Lipinski definition) is 4. The Kier molecular flexibility index (Phi) is 5.46. The zero-order valence-electron chi connectivity index (χ0n) is 16.1. The number of nitrogens with zero attached hydrogens (tertiary/aromatic N) is 4. The predicted octanol–water partition coefficient (Wildman–Crippen LogP) is 5.05. The molecule has 0 N–H and O–H groups in total. The molecule has 4 rings (SSSR count). The van der Waals surface area contributed by atoms with Crippen molar-refractivity contribution in [1.29, 1.82) is 0 Å². The second kappa shape index (κ2) is 7.99. The lowest BCUT2D eigenvalue weighted by Crippen LogP contribution is -2.35. The number of fused-ring (bicyclic) bond motifs is 1. The van der Waals surface area contributed by atoms with Crippen molar-refractivity contribution < 1.29 is 0 Å². The molecule has 2 aromatic rings. The lowest BCUT2D eigenvalue weighted by atomic mass is 9.89. The van der Waals surface area contributed by atoms with Crippen LogP contribution in [-0.4, -0.2) is 41.8 Å². The third-order valence-electron chi connectivity index (χ3n) is 5.64. The van der Waals surface area contributed by atoms with Gasteiger partial charge in [0.1, 0.15) is 5.69 Å². The van der Waals surface area contributed by atoms with E-state index in [9.17, 15) is 0 Å². The van der Waals surface area contributed by atoms with Crippen molar-refractivity contribution in [1.82, 2.24) is 9.88 Å². The highest BCUT2D eigenvalue weighted by molar-refractivity contribution is 6.30. The largest absolute Gasteiger partial charge is 0.347 e. The van der Waals surface area contributed by atoms with Crippen molar-refractivity contribution in [2.75, 3.05) is 24.5 Å². The lowest BCUT2D eigenvalue weighted by Gasteiger charge is -2.33. The highest BCUT2D eigenvalue weighted by atomic mass is 35.5. The summed E-state index contributed by atoms with van der Waals surface area (Å²) in [6.45, 7) is 8.42. The number of anilines is 1. The summed E-state index contributed by atoms with van der Waals surface area (Å²) in [4.78, 5) is 14.1. The number of rotatable bonds is 4. The molecule has 1 aromatic heterocycles. The first-order valence-electron chi connectivity index (χ1n) is 9.86. The standard InChI is InChI=1S/C22H27ClN4/c1-16(2)27-12-9-24-21-13-17(14-25-22(21)27)15-26-10-7-19(8-11-26)18-3-5-20(23)6-4-18/h3-6,9,13-14,16,19H,7-8,10-12,15H2,1-2H3. The van der Waals surface area contributed by atoms with Gasteiger partial charge in [0.15, 0.2) is 5.82 Å². The Bertz CT molecular complexity index is 808. The van der Waals surface area contributed by atoms with Crippen LogP contribution in [0.1, 0.15) is 43.7 Å². The number of hydrogen-bond donors (Lipinski definition) is 0. The molecule has 27 heavy (non-hydrogen) atoms. The van der Waals surface area contributed by atoms with Crippen LogP contribution in [0, 0.1) is 0 Å². The van der Waals surface area contributed by atoms with E-state index in [1.807, 2.05) is 24.5 Å². The van der Waals surface area contributed by atoms with Gasteiger partial charge in [-0.2, -0.15) is 0 Å². The van der Waals surface area contributed by atoms with E-state index in [2.05, 4.69) is 46.8 Å². The SMILES string of the molecule is CC(C)N1CC=Nc2cc(CN3CCC(c4ccc(Cl)cc4)CC3)cnc21. The molecule has 0 saturated carbocycles. The Morgan fingerprint density at radius 2 is 1.89 bits per heavy atom. The summed E-state index contributed by atoms with van der Waals surface area (Å²) >= 11 is 6.01. The molecule has 0 aliphatic carbocycles. The second-order valence-electron chi connectivity index (χ2n) is 7.85. The van der Waals surface area contributed by atoms with Gasteiger partial charge in [0.25, 0.3) is 0 Å². The van der Waals surface area contributed by atoms with Crippen molar-refractivity contribution in [2.45, 2.75) is 45.2 Å². The molecule has 1 fully saturated rings. The van der Waals surface area contributed by atoms with Gasteiger partial charge in [-0.05, 0) is 75.0 Å². The molecule has 5 heteroatoms. The van der Waals surface area contributed by atoms with Crippen LogP contribution in [0.25, 0.3) is 0 Å². The third kappa shape index (κ3) is 4.17. The second-order valence-corrected chi connectivity index (χ2v) is 8.28. The monoisotopic (exact) mass is 382 g/mol. The van der Waals surface area contributed by atoms with Gasteiger partial charge in [0, 0.05) is 30.0 Å². The minimum atomic E-state index is 0.431. The molecular formula is C22H27ClN4. The highest BCUT2D eigenvalue weighted by Gasteiger charge is 2.22. The maximum Gasteiger partial charge on any atom is 0.155 e. The molecule has 0 amide bonds. The van der Waals surface area contributed by atoms with Crippen molar-refractivity contribution in [3.05, 3.63) is 52.7 Å². The zero-order valence-corrected chi connectivity index (χ0v) is 16.9. The third-order valence-corrected chi connectivity index (χ3v) is 5.90. The van der Waals surface area contributed by atoms with Crippen LogP contribution >= 0.6 is 11.6 Å². The van der Waals surface area contributed by atoms with E-state index < -0.39 is 0 Å².